The predicted octanol–water partition coefficient (Wildman–Crippen LogP) is 0.768. The number of carboxylic acids is 1. The zero-order chi connectivity index (χ0) is 21.6. The Balaban J connectivity index is 2.33. The number of aromatic carboxylic acids is 1. The van der Waals surface area contributed by atoms with E-state index in [0.717, 1.165) is 6.07 Å². The topological polar surface area (TPSA) is 181 Å². The smallest absolute Gasteiger partial charge is 0.337 e. The first-order chi connectivity index (χ1) is 13.7. The number of sulfonamides is 1. The summed E-state index contributed by atoms with van der Waals surface area (Å²) >= 11 is 0. The lowest BCUT2D eigenvalue weighted by Crippen LogP contribution is -2.35. The van der Waals surface area contributed by atoms with Crippen LogP contribution >= 0.6 is 0 Å². The highest BCUT2D eigenvalue weighted by atomic mass is 32.2. The summed E-state index contributed by atoms with van der Waals surface area (Å²) in [5.74, 6) is -1.78. The molecule has 1 aromatic carbocycles. The molecule has 0 saturated heterocycles. The van der Waals surface area contributed by atoms with E-state index in [1.807, 2.05) is 0 Å². The zero-order valence-electron chi connectivity index (χ0n) is 15.2. The van der Waals surface area contributed by atoms with Gasteiger partial charge in [-0.3, -0.25) is 5.32 Å². The number of hydrogen-bond donors (Lipinski definition) is 3. The first-order valence-electron chi connectivity index (χ1n) is 7.74. The number of carboxylic acid groups (broad SMARTS) is 1. The molecule has 29 heavy (non-hydrogen) atoms. The predicted molar refractivity (Wildman–Crippen MR) is 97.2 cm³/mol. The highest BCUT2D eigenvalue weighted by molar-refractivity contribution is 7.90. The van der Waals surface area contributed by atoms with Gasteiger partial charge in [-0.2, -0.15) is 15.2 Å². The van der Waals surface area contributed by atoms with E-state index in [9.17, 15) is 23.1 Å². The van der Waals surface area contributed by atoms with E-state index in [0.29, 0.717) is 0 Å². The normalized spacial score (nSPS) is 10.5. The summed E-state index contributed by atoms with van der Waals surface area (Å²) in [4.78, 5) is 30.6. The number of methoxy groups -OCH3 is 2. The van der Waals surface area contributed by atoms with Crippen molar-refractivity contribution in [3.05, 3.63) is 35.4 Å². The van der Waals surface area contributed by atoms with E-state index in [4.69, 9.17) is 14.7 Å². The zero-order valence-corrected chi connectivity index (χ0v) is 16.0. The van der Waals surface area contributed by atoms with E-state index in [2.05, 4.69) is 15.3 Å². The Morgan fingerprint density at radius 2 is 1.83 bits per heavy atom. The highest BCUT2D eigenvalue weighted by Gasteiger charge is 2.27. The summed E-state index contributed by atoms with van der Waals surface area (Å²) in [6, 6.07) is 5.42. The molecule has 2 aromatic rings. The second-order valence-electron chi connectivity index (χ2n) is 5.27. The molecule has 2 amide bonds. The van der Waals surface area contributed by atoms with E-state index >= 15 is 0 Å². The number of rotatable bonds is 7. The SMILES string of the molecule is COc1cc(OC)nc(NC(=O)NS(=O)(=O)c2cccc(CC#N)c2C(=O)O)n1. The summed E-state index contributed by atoms with van der Waals surface area (Å²) in [7, 11) is -1.96. The van der Waals surface area contributed by atoms with Gasteiger partial charge in [0.1, 0.15) is 4.90 Å². The summed E-state index contributed by atoms with van der Waals surface area (Å²) in [5, 5.41) is 20.3. The molecule has 0 bridgehead atoms. The number of nitrogens with zero attached hydrogens (tertiary/aromatic N) is 3. The molecule has 2 rings (SSSR count). The van der Waals surface area contributed by atoms with Crippen LogP contribution in [0.25, 0.3) is 0 Å². The Morgan fingerprint density at radius 1 is 1.21 bits per heavy atom. The fourth-order valence-electron chi connectivity index (χ4n) is 2.25. The van der Waals surface area contributed by atoms with Crippen molar-refractivity contribution in [2.24, 2.45) is 0 Å². The van der Waals surface area contributed by atoms with E-state index in [-0.39, 0.29) is 29.7 Å². The first-order valence-corrected chi connectivity index (χ1v) is 9.23. The van der Waals surface area contributed by atoms with Gasteiger partial charge in [-0.25, -0.2) is 22.7 Å². The summed E-state index contributed by atoms with van der Waals surface area (Å²) in [6.07, 6.45) is -0.325. The number of nitrogens with one attached hydrogen (secondary N) is 2. The van der Waals surface area contributed by atoms with Crippen molar-refractivity contribution in [1.82, 2.24) is 14.7 Å². The number of aromatic nitrogens is 2. The third-order valence-corrected chi connectivity index (χ3v) is 4.81. The van der Waals surface area contributed by atoms with Gasteiger partial charge in [0.15, 0.2) is 0 Å². The average molecular weight is 421 g/mol. The van der Waals surface area contributed by atoms with Crippen LogP contribution in [0.5, 0.6) is 11.8 Å². The number of urea groups is 1. The number of amides is 2. The van der Waals surface area contributed by atoms with E-state index in [1.165, 1.54) is 32.4 Å². The van der Waals surface area contributed by atoms with Gasteiger partial charge in [0.2, 0.25) is 17.7 Å². The molecule has 1 heterocycles. The van der Waals surface area contributed by atoms with Crippen LogP contribution in [-0.4, -0.2) is 49.7 Å². The Hall–Kier alpha value is -3.92. The van der Waals surface area contributed by atoms with Crippen LogP contribution in [0.15, 0.2) is 29.2 Å². The molecule has 0 atom stereocenters. The summed E-state index contributed by atoms with van der Waals surface area (Å²) < 4.78 is 36.6. The second-order valence-corrected chi connectivity index (χ2v) is 6.92. The number of carbonyl (C=O) groups is 2. The van der Waals surface area contributed by atoms with Gasteiger partial charge in [-0.15, -0.1) is 0 Å². The van der Waals surface area contributed by atoms with Crippen LogP contribution < -0.4 is 19.5 Å². The maximum absolute atomic E-state index is 12.6. The molecular formula is C16H15N5O7S. The van der Waals surface area contributed by atoms with Crippen LogP contribution in [-0.2, 0) is 16.4 Å². The minimum Gasteiger partial charge on any atom is -0.481 e. The van der Waals surface area contributed by atoms with Crippen LogP contribution in [0, 0.1) is 11.3 Å². The van der Waals surface area contributed by atoms with Gasteiger partial charge in [0.25, 0.3) is 10.0 Å². The fourth-order valence-corrected chi connectivity index (χ4v) is 3.40. The van der Waals surface area contributed by atoms with Crippen molar-refractivity contribution in [3.8, 4) is 17.8 Å². The van der Waals surface area contributed by atoms with Crippen molar-refractivity contribution >= 4 is 28.0 Å². The molecule has 0 fully saturated rings. The Labute approximate surface area is 165 Å². The largest absolute Gasteiger partial charge is 0.481 e. The van der Waals surface area contributed by atoms with Crippen molar-refractivity contribution in [3.63, 3.8) is 0 Å². The third kappa shape index (κ3) is 5.08. The molecule has 0 saturated carbocycles. The molecule has 0 radical (unpaired) electrons. The molecule has 0 unspecified atom stereocenters. The average Bonchev–Trinajstić information content (AvgIpc) is 2.66. The number of ether oxygens (including phenoxy) is 2. The van der Waals surface area contributed by atoms with Crippen LogP contribution in [0.1, 0.15) is 15.9 Å². The number of nitriles is 1. The number of hydrogen-bond acceptors (Lipinski definition) is 9. The first kappa shape index (κ1) is 21.4. The van der Waals surface area contributed by atoms with Crippen LogP contribution in [0.3, 0.4) is 0 Å². The maximum Gasteiger partial charge on any atom is 0.337 e. The Kier molecular flexibility index (Phi) is 6.52. The Morgan fingerprint density at radius 3 is 2.34 bits per heavy atom. The molecule has 0 aliphatic carbocycles. The fraction of sp³-hybridized carbons (Fsp3) is 0.188. The molecule has 13 heteroatoms. The number of benzene rings is 1. The van der Waals surface area contributed by atoms with E-state index < -0.39 is 32.5 Å². The Bertz CT molecular complexity index is 1070. The van der Waals surface area contributed by atoms with Gasteiger partial charge in [0.05, 0.1) is 38.3 Å². The summed E-state index contributed by atoms with van der Waals surface area (Å²) in [5.41, 5.74) is -0.613. The second kappa shape index (κ2) is 8.85. The lowest BCUT2D eigenvalue weighted by molar-refractivity contribution is 0.0691. The number of anilines is 1. The van der Waals surface area contributed by atoms with Gasteiger partial charge >= 0.3 is 12.0 Å². The lowest BCUT2D eigenvalue weighted by Gasteiger charge is -2.12. The van der Waals surface area contributed by atoms with Gasteiger partial charge in [0, 0.05) is 0 Å². The van der Waals surface area contributed by atoms with Gasteiger partial charge < -0.3 is 14.6 Å². The van der Waals surface area contributed by atoms with E-state index in [1.54, 1.807) is 10.8 Å². The minimum atomic E-state index is -4.60. The van der Waals surface area contributed by atoms with Crippen molar-refractivity contribution in [2.45, 2.75) is 11.3 Å². The van der Waals surface area contributed by atoms with Gasteiger partial charge in [-0.1, -0.05) is 12.1 Å². The molecule has 1 aromatic heterocycles. The molecule has 152 valence electrons. The third-order valence-electron chi connectivity index (χ3n) is 3.44. The number of carbonyl (C=O) groups excluding carboxylic acids is 1. The molecule has 3 N–H and O–H groups in total. The molecule has 0 aliphatic heterocycles. The summed E-state index contributed by atoms with van der Waals surface area (Å²) in [6.45, 7) is 0. The van der Waals surface area contributed by atoms with Crippen LogP contribution in [0.2, 0.25) is 0 Å². The molecule has 12 nitrogen and oxygen atoms in total. The maximum atomic E-state index is 12.6. The van der Waals surface area contributed by atoms with Gasteiger partial charge in [-0.05, 0) is 11.6 Å². The van der Waals surface area contributed by atoms with Crippen LogP contribution in [0.4, 0.5) is 10.7 Å². The van der Waals surface area contributed by atoms with Crippen molar-refractivity contribution < 1.29 is 32.6 Å². The molecular weight excluding hydrogens is 406 g/mol. The minimum absolute atomic E-state index is 0.0100. The van der Waals surface area contributed by atoms with Crippen molar-refractivity contribution in [1.29, 1.82) is 5.26 Å². The molecule has 0 spiro atoms. The lowest BCUT2D eigenvalue weighted by atomic mass is 10.1. The van der Waals surface area contributed by atoms with Crippen molar-refractivity contribution in [2.75, 3.05) is 19.5 Å². The standard InChI is InChI=1S/C16H15N5O7S/c1-27-11-8-12(28-2)19-15(18-11)20-16(24)21-29(25,26)10-5-3-4-9(6-7-17)13(10)14(22)23/h3-5,8H,6H2,1-2H3,(H,22,23)(H2,18,19,20,21,24). The quantitative estimate of drug-likeness (QED) is 0.577. The highest BCUT2D eigenvalue weighted by Crippen LogP contribution is 2.21. The monoisotopic (exact) mass is 421 g/mol. The molecule has 0 aliphatic rings.